The standard InChI is InChI=1S/C25H25ClF2N4O6S2/c26-14-2-1-12-3-4-37-22(16(12)6-14)17-8-20(39-23(17)24(27)28)21(34)18-9-30-11-31-25(18)32-15-5-13(19(33)7-15)10-38-40(29,35)36/h1-2,6,8-9,11,13,15,19,22,24,33H,3-5,7,10H2,(H2,29,35,36)(H,30,31,32)/t13-,15-,19+,22-/m1/s1. The van der Waals surface area contributed by atoms with E-state index in [0.717, 1.165) is 5.56 Å². The molecule has 0 spiro atoms. The number of carbonyl (C=O) groups is 1. The van der Waals surface area contributed by atoms with Crippen molar-refractivity contribution in [2.45, 2.75) is 43.9 Å². The number of hydrogen-bond donors (Lipinski definition) is 3. The van der Waals surface area contributed by atoms with Crippen LogP contribution in [0.1, 0.15) is 62.2 Å². The zero-order valence-corrected chi connectivity index (χ0v) is 23.2. The van der Waals surface area contributed by atoms with Gasteiger partial charge in [-0.3, -0.25) is 8.98 Å². The van der Waals surface area contributed by atoms with Crippen molar-refractivity contribution < 1.29 is 36.0 Å². The molecule has 0 radical (unpaired) electrons. The number of ether oxygens (including phenoxy) is 1. The highest BCUT2D eigenvalue weighted by atomic mass is 35.5. The smallest absolute Gasteiger partial charge is 0.333 e. The number of anilines is 1. The summed E-state index contributed by atoms with van der Waals surface area (Å²) >= 11 is 6.86. The second-order valence-corrected chi connectivity index (χ2v) is 12.3. The molecule has 2 aromatic heterocycles. The maximum Gasteiger partial charge on any atom is 0.333 e. The summed E-state index contributed by atoms with van der Waals surface area (Å²) in [5.74, 6) is -0.919. The van der Waals surface area contributed by atoms with E-state index in [9.17, 15) is 27.1 Å². The van der Waals surface area contributed by atoms with Gasteiger partial charge in [-0.2, -0.15) is 8.42 Å². The molecule has 5 rings (SSSR count). The van der Waals surface area contributed by atoms with Gasteiger partial charge < -0.3 is 15.2 Å². The van der Waals surface area contributed by atoms with Crippen molar-refractivity contribution in [3.63, 3.8) is 0 Å². The number of nitrogens with two attached hydrogens (primary N) is 1. The molecule has 1 fully saturated rings. The van der Waals surface area contributed by atoms with E-state index in [1.54, 1.807) is 12.1 Å². The molecule has 15 heteroatoms. The van der Waals surface area contributed by atoms with Crippen LogP contribution < -0.4 is 10.5 Å². The number of alkyl halides is 2. The fraction of sp³-hybridized carbons (Fsp3) is 0.400. The van der Waals surface area contributed by atoms with Gasteiger partial charge in [0.25, 0.3) is 6.43 Å². The lowest BCUT2D eigenvalue weighted by Crippen LogP contribution is -2.24. The number of nitrogens with zero attached hydrogens (tertiary/aromatic N) is 2. The van der Waals surface area contributed by atoms with Crippen LogP contribution in [0.3, 0.4) is 0 Å². The van der Waals surface area contributed by atoms with E-state index >= 15 is 0 Å². The van der Waals surface area contributed by atoms with Crippen LogP contribution in [0, 0.1) is 5.92 Å². The number of aromatic nitrogens is 2. The van der Waals surface area contributed by atoms with Crippen molar-refractivity contribution in [2.24, 2.45) is 11.1 Å². The van der Waals surface area contributed by atoms with Gasteiger partial charge in [-0.1, -0.05) is 17.7 Å². The molecule has 214 valence electrons. The lowest BCUT2D eigenvalue weighted by Gasteiger charge is -2.26. The molecular formula is C25H25ClF2N4O6S2. The van der Waals surface area contributed by atoms with Crippen LogP contribution in [-0.4, -0.2) is 54.6 Å². The predicted octanol–water partition coefficient (Wildman–Crippen LogP) is 3.79. The second-order valence-electron chi connectivity index (χ2n) is 9.61. The molecule has 1 aliphatic heterocycles. The van der Waals surface area contributed by atoms with Crippen molar-refractivity contribution in [1.82, 2.24) is 9.97 Å². The summed E-state index contributed by atoms with van der Waals surface area (Å²) in [4.78, 5) is 21.5. The lowest BCUT2D eigenvalue weighted by molar-refractivity contribution is 0.0661. The molecule has 4 N–H and O–H groups in total. The number of aliphatic hydroxyl groups excluding tert-OH is 1. The van der Waals surface area contributed by atoms with E-state index < -0.39 is 40.6 Å². The van der Waals surface area contributed by atoms with E-state index in [4.69, 9.17) is 21.5 Å². The summed E-state index contributed by atoms with van der Waals surface area (Å²) in [7, 11) is -4.16. The highest BCUT2D eigenvalue weighted by molar-refractivity contribution is 7.84. The van der Waals surface area contributed by atoms with Crippen molar-refractivity contribution in [3.05, 3.63) is 73.8 Å². The van der Waals surface area contributed by atoms with E-state index in [1.165, 1.54) is 18.6 Å². The van der Waals surface area contributed by atoms with Crippen molar-refractivity contribution in [3.8, 4) is 0 Å². The Labute approximate surface area is 237 Å². The Morgan fingerprint density at radius 2 is 2.10 bits per heavy atom. The Morgan fingerprint density at radius 1 is 1.30 bits per heavy atom. The Morgan fingerprint density at radius 3 is 2.85 bits per heavy atom. The first kappa shape index (κ1) is 28.9. The maximum atomic E-state index is 14.2. The number of ketones is 1. The molecule has 4 atom stereocenters. The number of carbonyl (C=O) groups excluding carboxylic acids is 1. The SMILES string of the molecule is NS(=O)(=O)OC[C@H]1C[C@@H](Nc2ncncc2C(=O)c2cc([C@@H]3OCCc4ccc(Cl)cc43)c(C(F)F)s2)C[C@@H]1O. The predicted molar refractivity (Wildman–Crippen MR) is 143 cm³/mol. The Kier molecular flexibility index (Phi) is 8.47. The largest absolute Gasteiger partial charge is 0.393 e. The molecule has 0 bridgehead atoms. The molecule has 0 unspecified atom stereocenters. The van der Waals surface area contributed by atoms with Crippen LogP contribution in [0.25, 0.3) is 0 Å². The quantitative estimate of drug-likeness (QED) is 0.305. The number of hydrogen-bond acceptors (Lipinski definition) is 10. The first-order valence-corrected chi connectivity index (χ1v) is 14.9. The van der Waals surface area contributed by atoms with E-state index in [1.807, 2.05) is 6.07 Å². The average Bonchev–Trinajstić information content (AvgIpc) is 3.50. The fourth-order valence-corrected chi connectivity index (χ4v) is 6.64. The third-order valence-corrected chi connectivity index (χ3v) is 8.80. The van der Waals surface area contributed by atoms with Gasteiger partial charge in [0.15, 0.2) is 0 Å². The van der Waals surface area contributed by atoms with Gasteiger partial charge in [0.05, 0.1) is 34.6 Å². The number of rotatable bonds is 9. The Bertz CT molecular complexity index is 1520. The lowest BCUT2D eigenvalue weighted by atomic mass is 9.93. The minimum atomic E-state index is -4.16. The summed E-state index contributed by atoms with van der Waals surface area (Å²) in [6.45, 7) is 0.0396. The van der Waals surface area contributed by atoms with E-state index in [2.05, 4.69) is 19.5 Å². The van der Waals surface area contributed by atoms with Crippen LogP contribution >= 0.6 is 22.9 Å². The molecule has 40 heavy (non-hydrogen) atoms. The van der Waals surface area contributed by atoms with Gasteiger partial charge in [-0.25, -0.2) is 23.9 Å². The van der Waals surface area contributed by atoms with Gasteiger partial charge in [0.1, 0.15) is 18.2 Å². The minimum absolute atomic E-state index is 0.0582. The number of benzene rings is 1. The maximum absolute atomic E-state index is 14.2. The molecular weight excluding hydrogens is 590 g/mol. The van der Waals surface area contributed by atoms with Crippen molar-refractivity contribution >= 4 is 44.8 Å². The molecule has 0 saturated heterocycles. The van der Waals surface area contributed by atoms with Crippen molar-refractivity contribution in [1.29, 1.82) is 0 Å². The van der Waals surface area contributed by atoms with E-state index in [-0.39, 0.29) is 45.8 Å². The normalized spacial score (nSPS) is 22.9. The number of thiophene rings is 1. The first-order valence-electron chi connectivity index (χ1n) is 12.3. The van der Waals surface area contributed by atoms with E-state index in [0.29, 0.717) is 41.4 Å². The van der Waals surface area contributed by atoms with Crippen LogP contribution in [0.2, 0.25) is 5.02 Å². The molecule has 2 aliphatic rings. The number of halogens is 3. The topological polar surface area (TPSA) is 154 Å². The number of fused-ring (bicyclic) bond motifs is 1. The third-order valence-electron chi connectivity index (χ3n) is 6.94. The molecule has 10 nitrogen and oxygen atoms in total. The molecule has 3 aromatic rings. The highest BCUT2D eigenvalue weighted by Gasteiger charge is 2.35. The summed E-state index contributed by atoms with van der Waals surface area (Å²) < 4.78 is 61.1. The molecule has 3 heterocycles. The summed E-state index contributed by atoms with van der Waals surface area (Å²) in [6, 6.07) is 6.32. The molecule has 1 aliphatic carbocycles. The average molecular weight is 615 g/mol. The van der Waals surface area contributed by atoms with Gasteiger partial charge in [0, 0.05) is 28.7 Å². The van der Waals surface area contributed by atoms with Crippen LogP contribution in [-0.2, 0) is 25.6 Å². The number of aliphatic hydroxyl groups is 1. The van der Waals surface area contributed by atoms with Gasteiger partial charge in [-0.15, -0.1) is 11.3 Å². The zero-order valence-electron chi connectivity index (χ0n) is 20.8. The van der Waals surface area contributed by atoms with Gasteiger partial charge >= 0.3 is 10.3 Å². The van der Waals surface area contributed by atoms with Gasteiger partial charge in [0.2, 0.25) is 5.78 Å². The first-order chi connectivity index (χ1) is 19.0. The van der Waals surface area contributed by atoms with Crippen LogP contribution in [0.5, 0.6) is 0 Å². The monoisotopic (exact) mass is 614 g/mol. The zero-order chi connectivity index (χ0) is 28.6. The fourth-order valence-electron chi connectivity index (χ4n) is 5.10. The molecule has 0 amide bonds. The van der Waals surface area contributed by atoms with Crippen molar-refractivity contribution in [2.75, 3.05) is 18.5 Å². The second kappa shape index (κ2) is 11.7. The highest BCUT2D eigenvalue weighted by Crippen LogP contribution is 2.43. The number of nitrogens with one attached hydrogen (secondary N) is 1. The minimum Gasteiger partial charge on any atom is -0.393 e. The molecule has 1 saturated carbocycles. The molecule has 1 aromatic carbocycles. The third kappa shape index (κ3) is 6.33. The Hall–Kier alpha value is -2.59. The summed E-state index contributed by atoms with van der Waals surface area (Å²) in [5, 5.41) is 18.8. The Balaban J connectivity index is 1.40. The van der Waals surface area contributed by atoms with Gasteiger partial charge in [-0.05, 0) is 48.6 Å². The van der Waals surface area contributed by atoms with Crippen LogP contribution in [0.15, 0.2) is 36.8 Å². The summed E-state index contributed by atoms with van der Waals surface area (Å²) in [6.07, 6.45) is -0.832. The summed E-state index contributed by atoms with van der Waals surface area (Å²) in [5.41, 5.74) is 1.88. The van der Waals surface area contributed by atoms with Crippen LogP contribution in [0.4, 0.5) is 14.6 Å².